The Labute approximate surface area is 140 Å². The predicted molar refractivity (Wildman–Crippen MR) is 91.0 cm³/mol. The third-order valence-electron chi connectivity index (χ3n) is 2.51. The molecule has 0 aliphatic carbocycles. The molecule has 2 aromatic rings. The molecule has 1 heterocycles. The number of thiocarbonyl (C=S) groups is 1. The largest absolute Gasteiger partial charge is 0.300 e. The van der Waals surface area contributed by atoms with Crippen molar-refractivity contribution < 1.29 is 4.79 Å². The van der Waals surface area contributed by atoms with Crippen LogP contribution in [0.2, 0.25) is 0 Å². The van der Waals surface area contributed by atoms with Gasteiger partial charge < -0.3 is 0 Å². The number of carbonyl (C=O) groups excluding carboxylic acids is 1. The molecule has 9 heteroatoms. The van der Waals surface area contributed by atoms with Gasteiger partial charge >= 0.3 is 0 Å². The molecule has 0 aliphatic heterocycles. The number of hydrogen-bond donors (Lipinski definition) is 2. The van der Waals surface area contributed by atoms with Crippen molar-refractivity contribution in [1.29, 1.82) is 0 Å². The number of rotatable bonds is 4. The number of tetrazole rings is 1. The van der Waals surface area contributed by atoms with Crippen LogP contribution >= 0.6 is 34.8 Å². The van der Waals surface area contributed by atoms with Gasteiger partial charge in [0.15, 0.2) is 5.11 Å². The van der Waals surface area contributed by atoms with Crippen LogP contribution in [0.5, 0.6) is 0 Å². The maximum atomic E-state index is 12.0. The molecule has 0 radical (unpaired) electrons. The second-order valence-electron chi connectivity index (χ2n) is 4.14. The van der Waals surface area contributed by atoms with Crippen LogP contribution in [-0.4, -0.2) is 31.2 Å². The van der Waals surface area contributed by atoms with Gasteiger partial charge in [0.1, 0.15) is 0 Å². The molecule has 110 valence electrons. The second-order valence-corrected chi connectivity index (χ2v) is 5.80. The van der Waals surface area contributed by atoms with Crippen LogP contribution in [0.1, 0.15) is 23.7 Å². The van der Waals surface area contributed by atoms with Crippen molar-refractivity contribution in [1.82, 2.24) is 25.5 Å². The zero-order chi connectivity index (χ0) is 15.2. The highest BCUT2D eigenvalue weighted by atomic mass is 127. The molecule has 1 aromatic heterocycles. The molecule has 0 saturated heterocycles. The maximum absolute atomic E-state index is 12.0. The maximum Gasteiger partial charge on any atom is 0.257 e. The predicted octanol–water partition coefficient (Wildman–Crippen LogP) is 1.81. The van der Waals surface area contributed by atoms with Crippen LogP contribution in [0, 0.1) is 3.57 Å². The summed E-state index contributed by atoms with van der Waals surface area (Å²) in [5.41, 5.74) is 0.541. The Balaban J connectivity index is 1.98. The van der Waals surface area contributed by atoms with Crippen LogP contribution < -0.4 is 10.6 Å². The van der Waals surface area contributed by atoms with Gasteiger partial charge in [0.25, 0.3) is 5.91 Å². The SMILES string of the molecule is CCCn1nnnc1NC(=S)NC(=O)c1cccc(I)c1. The third-order valence-corrected chi connectivity index (χ3v) is 3.38. The highest BCUT2D eigenvalue weighted by Gasteiger charge is 2.11. The van der Waals surface area contributed by atoms with E-state index < -0.39 is 0 Å². The van der Waals surface area contributed by atoms with E-state index in [9.17, 15) is 4.79 Å². The Morgan fingerprint density at radius 1 is 1.48 bits per heavy atom. The van der Waals surface area contributed by atoms with Gasteiger partial charge in [-0.25, -0.2) is 4.68 Å². The van der Waals surface area contributed by atoms with E-state index in [2.05, 4.69) is 48.7 Å². The van der Waals surface area contributed by atoms with Gasteiger partial charge in [0.2, 0.25) is 5.95 Å². The molecule has 0 unspecified atom stereocenters. The highest BCUT2D eigenvalue weighted by molar-refractivity contribution is 14.1. The first-order valence-electron chi connectivity index (χ1n) is 6.24. The monoisotopic (exact) mass is 416 g/mol. The topological polar surface area (TPSA) is 84.7 Å². The van der Waals surface area contributed by atoms with Gasteiger partial charge in [0.05, 0.1) is 0 Å². The summed E-state index contributed by atoms with van der Waals surface area (Å²) < 4.78 is 2.57. The van der Waals surface area contributed by atoms with Gasteiger partial charge in [0, 0.05) is 15.7 Å². The molecule has 0 aliphatic rings. The van der Waals surface area contributed by atoms with Crippen LogP contribution in [0.4, 0.5) is 5.95 Å². The summed E-state index contributed by atoms with van der Waals surface area (Å²) in [5, 5.41) is 16.8. The van der Waals surface area contributed by atoms with Crippen LogP contribution in [0.3, 0.4) is 0 Å². The number of amides is 1. The first kappa shape index (κ1) is 15.8. The lowest BCUT2D eigenvalue weighted by Gasteiger charge is -2.09. The summed E-state index contributed by atoms with van der Waals surface area (Å²) in [5.74, 6) is 0.130. The molecular formula is C12H13IN6OS. The molecule has 2 N–H and O–H groups in total. The number of anilines is 1. The number of aromatic nitrogens is 4. The van der Waals surface area contributed by atoms with Crippen molar-refractivity contribution in [3.63, 3.8) is 0 Å². The minimum absolute atomic E-state index is 0.158. The van der Waals surface area contributed by atoms with Crippen molar-refractivity contribution in [2.24, 2.45) is 0 Å². The third kappa shape index (κ3) is 4.43. The Kier molecular flexibility index (Phi) is 5.56. The second kappa shape index (κ2) is 7.41. The van der Waals surface area contributed by atoms with Gasteiger partial charge in [-0.3, -0.25) is 15.4 Å². The first-order valence-corrected chi connectivity index (χ1v) is 7.73. The molecule has 0 fully saturated rings. The van der Waals surface area contributed by atoms with Gasteiger partial charge in [-0.05, 0) is 69.9 Å². The summed E-state index contributed by atoms with van der Waals surface area (Å²) in [6.45, 7) is 2.69. The van der Waals surface area contributed by atoms with Crippen LogP contribution in [0.25, 0.3) is 0 Å². The van der Waals surface area contributed by atoms with E-state index in [-0.39, 0.29) is 11.0 Å². The van der Waals surface area contributed by atoms with Crippen molar-refractivity contribution >= 4 is 51.8 Å². The Morgan fingerprint density at radius 2 is 2.29 bits per heavy atom. The molecule has 1 aromatic carbocycles. The van der Waals surface area contributed by atoms with Crippen LogP contribution in [0.15, 0.2) is 24.3 Å². The minimum atomic E-state index is -0.277. The number of hydrogen-bond acceptors (Lipinski definition) is 5. The Bertz CT molecular complexity index is 659. The van der Waals surface area contributed by atoms with E-state index in [1.165, 1.54) is 0 Å². The fraction of sp³-hybridized carbons (Fsp3) is 0.250. The zero-order valence-electron chi connectivity index (χ0n) is 11.2. The fourth-order valence-corrected chi connectivity index (χ4v) is 2.32. The molecule has 21 heavy (non-hydrogen) atoms. The Morgan fingerprint density at radius 3 is 3.00 bits per heavy atom. The van der Waals surface area contributed by atoms with E-state index in [0.29, 0.717) is 18.1 Å². The molecular weight excluding hydrogens is 403 g/mol. The highest BCUT2D eigenvalue weighted by Crippen LogP contribution is 2.08. The smallest absolute Gasteiger partial charge is 0.257 e. The molecule has 1 amide bonds. The normalized spacial score (nSPS) is 10.2. The quantitative estimate of drug-likeness (QED) is 0.585. The lowest BCUT2D eigenvalue weighted by molar-refractivity contribution is 0.0977. The molecule has 0 bridgehead atoms. The molecule has 0 saturated carbocycles. The lowest BCUT2D eigenvalue weighted by Crippen LogP contribution is -2.35. The molecule has 7 nitrogen and oxygen atoms in total. The van der Waals surface area contributed by atoms with Crippen molar-refractivity contribution in [3.8, 4) is 0 Å². The molecule has 0 spiro atoms. The number of benzene rings is 1. The lowest BCUT2D eigenvalue weighted by atomic mass is 10.2. The zero-order valence-corrected chi connectivity index (χ0v) is 14.2. The summed E-state index contributed by atoms with van der Waals surface area (Å²) >= 11 is 7.25. The van der Waals surface area contributed by atoms with Gasteiger partial charge in [-0.1, -0.05) is 18.1 Å². The number of halogens is 1. The van der Waals surface area contributed by atoms with Gasteiger partial charge in [-0.15, -0.1) is 0 Å². The fourth-order valence-electron chi connectivity index (χ4n) is 1.59. The minimum Gasteiger partial charge on any atom is -0.300 e. The van der Waals surface area contributed by atoms with E-state index in [1.807, 2.05) is 19.1 Å². The number of nitrogens with one attached hydrogen (secondary N) is 2. The summed E-state index contributed by atoms with van der Waals surface area (Å²) in [4.78, 5) is 12.0. The number of nitrogens with zero attached hydrogens (tertiary/aromatic N) is 4. The first-order chi connectivity index (χ1) is 10.1. The summed E-state index contributed by atoms with van der Waals surface area (Å²) in [6, 6.07) is 7.22. The number of aryl methyl sites for hydroxylation is 1. The van der Waals surface area contributed by atoms with Crippen molar-refractivity contribution in [2.45, 2.75) is 19.9 Å². The van der Waals surface area contributed by atoms with E-state index in [4.69, 9.17) is 12.2 Å². The van der Waals surface area contributed by atoms with Crippen molar-refractivity contribution in [2.75, 3.05) is 5.32 Å². The van der Waals surface area contributed by atoms with Crippen LogP contribution in [-0.2, 0) is 6.54 Å². The molecule has 0 atom stereocenters. The van der Waals surface area contributed by atoms with Crippen molar-refractivity contribution in [3.05, 3.63) is 33.4 Å². The molecule has 2 rings (SSSR count). The average Bonchev–Trinajstić information content (AvgIpc) is 2.86. The summed E-state index contributed by atoms with van der Waals surface area (Å²) in [7, 11) is 0. The summed E-state index contributed by atoms with van der Waals surface area (Å²) in [6.07, 6.45) is 0.890. The van der Waals surface area contributed by atoms with E-state index in [0.717, 1.165) is 9.99 Å². The standard InChI is InChI=1S/C12H13IN6OS/c1-2-6-19-11(16-17-18-19)15-12(21)14-10(20)8-4-3-5-9(13)7-8/h3-5,7H,2,6H2,1H3,(H2,14,15,16,18,20,21). The Hall–Kier alpha value is -1.62. The number of carbonyl (C=O) groups is 1. The average molecular weight is 416 g/mol. The van der Waals surface area contributed by atoms with E-state index in [1.54, 1.807) is 16.8 Å². The van der Waals surface area contributed by atoms with E-state index >= 15 is 0 Å². The van der Waals surface area contributed by atoms with Gasteiger partial charge in [-0.2, -0.15) is 0 Å².